The molecule has 1 saturated heterocycles. The number of rotatable bonds is 3. The Kier molecular flexibility index (Phi) is 7.37. The predicted octanol–water partition coefficient (Wildman–Crippen LogP) is 4.15. The Balaban J connectivity index is 0.00000225. The highest BCUT2D eigenvalue weighted by molar-refractivity contribution is 14.0. The van der Waals surface area contributed by atoms with Crippen molar-refractivity contribution in [2.75, 3.05) is 25.4 Å². The Bertz CT molecular complexity index is 727. The zero-order valence-corrected chi connectivity index (χ0v) is 18.3. The first kappa shape index (κ1) is 20.3. The molecule has 25 heavy (non-hydrogen) atoms. The standard InChI is InChI=1S/C19H26N4S.HI/c1-4-20-18(23-11-12-24-19(2,3)14-23)22-13-16-8-5-7-15-9-6-10-21-17(15)16;/h5-10H,4,11-14H2,1-3H3,(H,20,22);1H. The third-order valence-corrected chi connectivity index (χ3v) is 5.47. The van der Waals surface area contributed by atoms with Gasteiger partial charge in [-0.15, -0.1) is 24.0 Å². The first-order valence-corrected chi connectivity index (χ1v) is 9.57. The number of aliphatic imine (C=N–C) groups is 1. The molecule has 0 radical (unpaired) electrons. The molecular weight excluding hydrogens is 443 g/mol. The van der Waals surface area contributed by atoms with E-state index >= 15 is 0 Å². The number of hydrogen-bond donors (Lipinski definition) is 1. The van der Waals surface area contributed by atoms with Gasteiger partial charge in [0, 0.05) is 41.7 Å². The summed E-state index contributed by atoms with van der Waals surface area (Å²) in [5.41, 5.74) is 2.23. The fraction of sp³-hybridized carbons (Fsp3) is 0.474. The number of fused-ring (bicyclic) bond motifs is 1. The van der Waals surface area contributed by atoms with Gasteiger partial charge in [-0.25, -0.2) is 4.99 Å². The van der Waals surface area contributed by atoms with Gasteiger partial charge in [-0.05, 0) is 32.4 Å². The number of thioether (sulfide) groups is 1. The Hall–Kier alpha value is -1.02. The van der Waals surface area contributed by atoms with Crippen LogP contribution in [0.2, 0.25) is 0 Å². The second-order valence-corrected chi connectivity index (χ2v) is 8.49. The van der Waals surface area contributed by atoms with E-state index in [9.17, 15) is 0 Å². The summed E-state index contributed by atoms with van der Waals surface area (Å²) in [6.07, 6.45) is 1.85. The lowest BCUT2D eigenvalue weighted by Crippen LogP contribution is -2.50. The highest BCUT2D eigenvalue weighted by atomic mass is 127. The van der Waals surface area contributed by atoms with Crippen LogP contribution < -0.4 is 5.32 Å². The van der Waals surface area contributed by atoms with E-state index < -0.39 is 0 Å². The van der Waals surface area contributed by atoms with Crippen molar-refractivity contribution in [1.82, 2.24) is 15.2 Å². The van der Waals surface area contributed by atoms with Crippen molar-refractivity contribution in [1.29, 1.82) is 0 Å². The smallest absolute Gasteiger partial charge is 0.194 e. The summed E-state index contributed by atoms with van der Waals surface area (Å²) in [5, 5.41) is 4.63. The molecule has 1 aliphatic rings. The SMILES string of the molecule is CCNC(=NCc1cccc2cccnc12)N1CCSC(C)(C)C1.I. The second kappa shape index (κ2) is 9.07. The molecule has 2 aromatic rings. The summed E-state index contributed by atoms with van der Waals surface area (Å²) in [6, 6.07) is 10.4. The molecule has 0 bridgehead atoms. The van der Waals surface area contributed by atoms with Gasteiger partial charge in [0.1, 0.15) is 0 Å². The molecule has 136 valence electrons. The van der Waals surface area contributed by atoms with Gasteiger partial charge < -0.3 is 10.2 Å². The molecule has 1 N–H and O–H groups in total. The molecule has 0 unspecified atom stereocenters. The van der Waals surface area contributed by atoms with Crippen LogP contribution in [0.4, 0.5) is 0 Å². The first-order chi connectivity index (χ1) is 11.6. The summed E-state index contributed by atoms with van der Waals surface area (Å²) in [5.74, 6) is 2.16. The van der Waals surface area contributed by atoms with E-state index in [1.54, 1.807) is 0 Å². The minimum absolute atomic E-state index is 0. The summed E-state index contributed by atoms with van der Waals surface area (Å²) in [6.45, 7) is 10.4. The van der Waals surface area contributed by atoms with Gasteiger partial charge in [-0.1, -0.05) is 24.3 Å². The largest absolute Gasteiger partial charge is 0.357 e. The highest BCUT2D eigenvalue weighted by Gasteiger charge is 2.28. The van der Waals surface area contributed by atoms with Gasteiger partial charge in [-0.2, -0.15) is 11.8 Å². The molecule has 2 heterocycles. The van der Waals surface area contributed by atoms with Gasteiger partial charge in [0.05, 0.1) is 12.1 Å². The van der Waals surface area contributed by atoms with E-state index in [0.29, 0.717) is 6.54 Å². The van der Waals surface area contributed by atoms with Crippen LogP contribution in [0.1, 0.15) is 26.3 Å². The van der Waals surface area contributed by atoms with Crippen molar-refractivity contribution in [2.45, 2.75) is 32.1 Å². The number of hydrogen-bond acceptors (Lipinski definition) is 3. The second-order valence-electron chi connectivity index (χ2n) is 6.69. The number of guanidine groups is 1. The van der Waals surface area contributed by atoms with E-state index in [1.807, 2.05) is 24.0 Å². The van der Waals surface area contributed by atoms with Crippen LogP contribution in [-0.2, 0) is 6.54 Å². The van der Waals surface area contributed by atoms with Gasteiger partial charge in [0.2, 0.25) is 0 Å². The number of nitrogens with one attached hydrogen (secondary N) is 1. The van der Waals surface area contributed by atoms with Crippen molar-refractivity contribution < 1.29 is 0 Å². The van der Waals surface area contributed by atoms with Crippen LogP contribution in [0.15, 0.2) is 41.5 Å². The van der Waals surface area contributed by atoms with Crippen molar-refractivity contribution in [3.63, 3.8) is 0 Å². The van der Waals surface area contributed by atoms with E-state index in [1.165, 1.54) is 10.9 Å². The molecule has 4 nitrogen and oxygen atoms in total. The molecule has 3 rings (SSSR count). The third-order valence-electron chi connectivity index (χ3n) is 4.18. The lowest BCUT2D eigenvalue weighted by atomic mass is 10.1. The third kappa shape index (κ3) is 5.23. The molecule has 6 heteroatoms. The highest BCUT2D eigenvalue weighted by Crippen LogP contribution is 2.29. The molecule has 0 amide bonds. The fourth-order valence-electron chi connectivity index (χ4n) is 3.08. The van der Waals surface area contributed by atoms with Gasteiger partial charge >= 0.3 is 0 Å². The van der Waals surface area contributed by atoms with Crippen LogP contribution >= 0.6 is 35.7 Å². The van der Waals surface area contributed by atoms with Crippen LogP contribution in [-0.4, -0.2) is 46.0 Å². The lowest BCUT2D eigenvalue weighted by Gasteiger charge is -2.39. The Morgan fingerprint density at radius 2 is 2.12 bits per heavy atom. The topological polar surface area (TPSA) is 40.5 Å². The Labute approximate surface area is 171 Å². The molecule has 0 saturated carbocycles. The maximum absolute atomic E-state index is 4.91. The molecule has 1 aromatic heterocycles. The number of halogens is 1. The predicted molar refractivity (Wildman–Crippen MR) is 120 cm³/mol. The number of pyridine rings is 1. The minimum atomic E-state index is 0. The summed E-state index contributed by atoms with van der Waals surface area (Å²) in [4.78, 5) is 11.8. The molecule has 1 aromatic carbocycles. The van der Waals surface area contributed by atoms with E-state index in [2.05, 4.69) is 60.2 Å². The Morgan fingerprint density at radius 3 is 2.88 bits per heavy atom. The fourth-order valence-corrected chi connectivity index (χ4v) is 4.19. The average Bonchev–Trinajstić information content (AvgIpc) is 2.57. The quantitative estimate of drug-likeness (QED) is 0.416. The molecule has 0 spiro atoms. The maximum atomic E-state index is 4.91. The lowest BCUT2D eigenvalue weighted by molar-refractivity contribution is 0.376. The van der Waals surface area contributed by atoms with Crippen molar-refractivity contribution >= 4 is 52.6 Å². The number of aromatic nitrogens is 1. The monoisotopic (exact) mass is 470 g/mol. The van der Waals surface area contributed by atoms with Crippen LogP contribution in [0, 0.1) is 0 Å². The van der Waals surface area contributed by atoms with Crippen molar-refractivity contribution in [3.8, 4) is 0 Å². The molecule has 0 atom stereocenters. The zero-order chi connectivity index (χ0) is 17.0. The van der Waals surface area contributed by atoms with Gasteiger partial charge in [-0.3, -0.25) is 4.98 Å². The van der Waals surface area contributed by atoms with E-state index in [4.69, 9.17) is 4.99 Å². The number of nitrogens with zero attached hydrogens (tertiary/aromatic N) is 3. The van der Waals surface area contributed by atoms with Crippen LogP contribution in [0.5, 0.6) is 0 Å². The van der Waals surface area contributed by atoms with Gasteiger partial charge in [0.15, 0.2) is 5.96 Å². The average molecular weight is 470 g/mol. The zero-order valence-electron chi connectivity index (χ0n) is 15.2. The molecule has 1 aliphatic heterocycles. The Morgan fingerprint density at radius 1 is 1.32 bits per heavy atom. The minimum Gasteiger partial charge on any atom is -0.357 e. The normalized spacial score (nSPS) is 17.2. The maximum Gasteiger partial charge on any atom is 0.194 e. The summed E-state index contributed by atoms with van der Waals surface area (Å²) >= 11 is 2.04. The van der Waals surface area contributed by atoms with Crippen LogP contribution in [0.3, 0.4) is 0 Å². The summed E-state index contributed by atoms with van der Waals surface area (Å²) in [7, 11) is 0. The molecule has 1 fully saturated rings. The number of para-hydroxylation sites is 1. The van der Waals surface area contributed by atoms with E-state index in [-0.39, 0.29) is 28.7 Å². The van der Waals surface area contributed by atoms with Crippen molar-refractivity contribution in [3.05, 3.63) is 42.1 Å². The van der Waals surface area contributed by atoms with Crippen LogP contribution in [0.25, 0.3) is 10.9 Å². The van der Waals surface area contributed by atoms with Crippen molar-refractivity contribution in [2.24, 2.45) is 4.99 Å². The first-order valence-electron chi connectivity index (χ1n) is 8.59. The van der Waals surface area contributed by atoms with Gasteiger partial charge in [0.25, 0.3) is 0 Å². The summed E-state index contributed by atoms with van der Waals surface area (Å²) < 4.78 is 0.273. The molecular formula is C19H27IN4S. The number of benzene rings is 1. The molecule has 0 aliphatic carbocycles. The van der Waals surface area contributed by atoms with E-state index in [0.717, 1.165) is 36.9 Å².